The molecule has 2 aliphatic rings. The Morgan fingerprint density at radius 2 is 1.72 bits per heavy atom. The van der Waals surface area contributed by atoms with Gasteiger partial charge in [0.1, 0.15) is 0 Å². The minimum absolute atomic E-state index is 0.120. The molecular formula is C19H24N2O4. The lowest BCUT2D eigenvalue weighted by Gasteiger charge is -2.16. The van der Waals surface area contributed by atoms with E-state index in [0.29, 0.717) is 25.1 Å². The first-order valence-corrected chi connectivity index (χ1v) is 8.93. The largest absolute Gasteiger partial charge is 0.481 e. The van der Waals surface area contributed by atoms with E-state index in [-0.39, 0.29) is 24.3 Å². The number of carbonyl (C=O) groups is 3. The van der Waals surface area contributed by atoms with Gasteiger partial charge in [-0.1, -0.05) is 25.0 Å². The maximum atomic E-state index is 12.4. The Bertz CT molecular complexity index is 650. The lowest BCUT2D eigenvalue weighted by molar-refractivity contribution is -0.141. The molecule has 1 aromatic rings. The van der Waals surface area contributed by atoms with Crippen LogP contribution in [0.4, 0.5) is 0 Å². The molecule has 134 valence electrons. The van der Waals surface area contributed by atoms with Crippen LogP contribution in [0, 0.1) is 11.8 Å². The highest BCUT2D eigenvalue weighted by Crippen LogP contribution is 2.24. The van der Waals surface area contributed by atoms with Gasteiger partial charge in [-0.15, -0.1) is 0 Å². The lowest BCUT2D eigenvalue weighted by atomic mass is 10.1. The molecular weight excluding hydrogens is 320 g/mol. The van der Waals surface area contributed by atoms with Crippen molar-refractivity contribution in [2.45, 2.75) is 38.6 Å². The smallest absolute Gasteiger partial charge is 0.308 e. The van der Waals surface area contributed by atoms with Crippen molar-refractivity contribution in [2.75, 3.05) is 13.1 Å². The highest BCUT2D eigenvalue weighted by Gasteiger charge is 2.31. The van der Waals surface area contributed by atoms with Gasteiger partial charge in [0.2, 0.25) is 5.91 Å². The number of nitrogens with one attached hydrogen (secondary N) is 1. The van der Waals surface area contributed by atoms with Crippen molar-refractivity contribution in [2.24, 2.45) is 11.8 Å². The molecule has 0 spiro atoms. The number of nitrogens with zero attached hydrogens (tertiary/aromatic N) is 1. The molecule has 0 radical (unpaired) electrons. The van der Waals surface area contributed by atoms with Gasteiger partial charge in [-0.2, -0.15) is 0 Å². The van der Waals surface area contributed by atoms with Crippen LogP contribution < -0.4 is 5.32 Å². The molecule has 2 N–H and O–H groups in total. The van der Waals surface area contributed by atoms with E-state index in [1.54, 1.807) is 17.0 Å². The number of likely N-dealkylation sites (tertiary alicyclic amines) is 1. The average Bonchev–Trinajstić information content (AvgIpc) is 3.31. The van der Waals surface area contributed by atoms with Gasteiger partial charge in [0.05, 0.1) is 5.92 Å². The lowest BCUT2D eigenvalue weighted by Crippen LogP contribution is -2.30. The average molecular weight is 344 g/mol. The van der Waals surface area contributed by atoms with Crippen LogP contribution in [-0.2, 0) is 16.1 Å². The number of rotatable bonds is 5. The number of aliphatic carboxylic acids is 1. The normalized spacial score (nSPS) is 20.6. The van der Waals surface area contributed by atoms with Gasteiger partial charge in [0.25, 0.3) is 5.91 Å². The number of amides is 2. The first-order chi connectivity index (χ1) is 12.0. The van der Waals surface area contributed by atoms with E-state index in [1.807, 2.05) is 12.1 Å². The number of hydrogen-bond donors (Lipinski definition) is 2. The summed E-state index contributed by atoms with van der Waals surface area (Å²) in [6.45, 7) is 1.22. The molecule has 2 amide bonds. The van der Waals surface area contributed by atoms with Crippen LogP contribution in [0.3, 0.4) is 0 Å². The van der Waals surface area contributed by atoms with E-state index in [2.05, 4.69) is 5.32 Å². The fraction of sp³-hybridized carbons (Fsp3) is 0.526. The van der Waals surface area contributed by atoms with Crippen LogP contribution in [0.15, 0.2) is 24.3 Å². The van der Waals surface area contributed by atoms with Gasteiger partial charge in [0.15, 0.2) is 0 Å². The second kappa shape index (κ2) is 7.68. The molecule has 0 bridgehead atoms. The predicted octanol–water partition coefficient (Wildman–Crippen LogP) is 2.04. The molecule has 1 atom stereocenters. The van der Waals surface area contributed by atoms with Gasteiger partial charge < -0.3 is 15.3 Å². The second-order valence-electron chi connectivity index (χ2n) is 6.97. The molecule has 1 aliphatic carbocycles. The Kier molecular flexibility index (Phi) is 5.36. The summed E-state index contributed by atoms with van der Waals surface area (Å²) in [5, 5.41) is 12.0. The Morgan fingerprint density at radius 3 is 2.32 bits per heavy atom. The summed E-state index contributed by atoms with van der Waals surface area (Å²) in [4.78, 5) is 37.1. The van der Waals surface area contributed by atoms with Crippen LogP contribution in [0.5, 0.6) is 0 Å². The molecule has 0 aromatic heterocycles. The molecule has 1 unspecified atom stereocenters. The molecule has 1 aromatic carbocycles. The van der Waals surface area contributed by atoms with Crippen molar-refractivity contribution in [1.82, 2.24) is 10.2 Å². The van der Waals surface area contributed by atoms with Crippen LogP contribution in [0.1, 0.15) is 48.0 Å². The minimum Gasteiger partial charge on any atom is -0.481 e. The maximum Gasteiger partial charge on any atom is 0.308 e. The fourth-order valence-electron chi connectivity index (χ4n) is 3.62. The number of carbonyl (C=O) groups excluding carboxylic acids is 2. The Morgan fingerprint density at radius 1 is 1.04 bits per heavy atom. The van der Waals surface area contributed by atoms with Gasteiger partial charge in [-0.25, -0.2) is 0 Å². The topological polar surface area (TPSA) is 86.7 Å². The van der Waals surface area contributed by atoms with Crippen molar-refractivity contribution in [1.29, 1.82) is 0 Å². The molecule has 1 aliphatic heterocycles. The van der Waals surface area contributed by atoms with Crippen molar-refractivity contribution in [3.8, 4) is 0 Å². The summed E-state index contributed by atoms with van der Waals surface area (Å²) >= 11 is 0. The van der Waals surface area contributed by atoms with Crippen molar-refractivity contribution < 1.29 is 19.5 Å². The van der Waals surface area contributed by atoms with Crippen LogP contribution in [0.2, 0.25) is 0 Å². The van der Waals surface area contributed by atoms with E-state index in [0.717, 1.165) is 31.2 Å². The summed E-state index contributed by atoms with van der Waals surface area (Å²) in [6, 6.07) is 7.17. The molecule has 6 nitrogen and oxygen atoms in total. The molecule has 25 heavy (non-hydrogen) atoms. The zero-order valence-corrected chi connectivity index (χ0v) is 14.2. The van der Waals surface area contributed by atoms with E-state index in [4.69, 9.17) is 5.11 Å². The van der Waals surface area contributed by atoms with E-state index < -0.39 is 11.9 Å². The molecule has 1 heterocycles. The van der Waals surface area contributed by atoms with Gasteiger partial charge in [0, 0.05) is 31.1 Å². The van der Waals surface area contributed by atoms with Crippen LogP contribution in [0.25, 0.3) is 0 Å². The zero-order valence-electron chi connectivity index (χ0n) is 14.2. The SMILES string of the molecule is O=C(O)C1CCN(C(=O)c2ccc(CNC(=O)C3CCCC3)cc2)C1. The van der Waals surface area contributed by atoms with Gasteiger partial charge >= 0.3 is 5.97 Å². The second-order valence-corrected chi connectivity index (χ2v) is 6.97. The maximum absolute atomic E-state index is 12.4. The summed E-state index contributed by atoms with van der Waals surface area (Å²) in [7, 11) is 0. The Balaban J connectivity index is 1.52. The molecule has 2 fully saturated rings. The molecule has 6 heteroatoms. The molecule has 1 saturated carbocycles. The van der Waals surface area contributed by atoms with Crippen molar-refractivity contribution in [3.63, 3.8) is 0 Å². The van der Waals surface area contributed by atoms with Crippen LogP contribution >= 0.6 is 0 Å². The Hall–Kier alpha value is -2.37. The van der Waals surface area contributed by atoms with Crippen molar-refractivity contribution >= 4 is 17.8 Å². The number of hydrogen-bond acceptors (Lipinski definition) is 3. The van der Waals surface area contributed by atoms with E-state index in [1.165, 1.54) is 0 Å². The highest BCUT2D eigenvalue weighted by molar-refractivity contribution is 5.94. The third-order valence-electron chi connectivity index (χ3n) is 5.22. The molecule has 3 rings (SSSR count). The third-order valence-corrected chi connectivity index (χ3v) is 5.22. The van der Waals surface area contributed by atoms with E-state index >= 15 is 0 Å². The summed E-state index contributed by atoms with van der Waals surface area (Å²) in [6.07, 6.45) is 4.73. The first kappa shape index (κ1) is 17.5. The third kappa shape index (κ3) is 4.18. The summed E-state index contributed by atoms with van der Waals surface area (Å²) in [5.41, 5.74) is 1.50. The monoisotopic (exact) mass is 344 g/mol. The van der Waals surface area contributed by atoms with Gasteiger partial charge in [-0.3, -0.25) is 14.4 Å². The number of benzene rings is 1. The fourth-order valence-corrected chi connectivity index (χ4v) is 3.62. The van der Waals surface area contributed by atoms with E-state index in [9.17, 15) is 14.4 Å². The summed E-state index contributed by atoms with van der Waals surface area (Å²) in [5.74, 6) is -1.17. The number of carboxylic acid groups (broad SMARTS) is 1. The first-order valence-electron chi connectivity index (χ1n) is 8.93. The standard InChI is InChI=1S/C19H24N2O4/c22-17(14-3-1-2-4-14)20-11-13-5-7-15(8-6-13)18(23)21-10-9-16(12-21)19(24)25/h5-8,14,16H,1-4,9-12H2,(H,20,22)(H,24,25). The minimum atomic E-state index is -0.844. The number of carboxylic acids is 1. The highest BCUT2D eigenvalue weighted by atomic mass is 16.4. The summed E-state index contributed by atoms with van der Waals surface area (Å²) < 4.78 is 0. The predicted molar refractivity (Wildman–Crippen MR) is 91.9 cm³/mol. The van der Waals surface area contributed by atoms with Crippen LogP contribution in [-0.4, -0.2) is 40.9 Å². The molecule has 1 saturated heterocycles. The van der Waals surface area contributed by atoms with Crippen molar-refractivity contribution in [3.05, 3.63) is 35.4 Å². The quantitative estimate of drug-likeness (QED) is 0.856. The Labute approximate surface area is 147 Å². The zero-order chi connectivity index (χ0) is 17.8. The van der Waals surface area contributed by atoms with Gasteiger partial charge in [-0.05, 0) is 37.0 Å².